The first-order valence-electron chi connectivity index (χ1n) is 6.09. The number of nitriles is 1. The van der Waals surface area contributed by atoms with Crippen molar-refractivity contribution in [3.63, 3.8) is 0 Å². The fraction of sp³-hybridized carbons (Fsp3) is 0. The maximum Gasteiger partial charge on any atom is 0.149 e. The molecule has 104 valence electrons. The summed E-state index contributed by atoms with van der Waals surface area (Å²) in [7, 11) is 0. The van der Waals surface area contributed by atoms with Gasteiger partial charge in [0, 0.05) is 5.56 Å². The summed E-state index contributed by atoms with van der Waals surface area (Å²) in [6.07, 6.45) is 1.49. The van der Waals surface area contributed by atoms with Crippen molar-refractivity contribution >= 4 is 35.1 Å². The van der Waals surface area contributed by atoms with Crippen molar-refractivity contribution in [3.05, 3.63) is 65.7 Å². The van der Waals surface area contributed by atoms with Gasteiger partial charge in [0.05, 0.1) is 16.6 Å². The van der Waals surface area contributed by atoms with Crippen LogP contribution in [0.3, 0.4) is 0 Å². The van der Waals surface area contributed by atoms with Gasteiger partial charge in [-0.15, -0.1) is 12.4 Å². The first-order chi connectivity index (χ1) is 9.78. The Bertz CT molecular complexity index is 813. The van der Waals surface area contributed by atoms with Gasteiger partial charge >= 0.3 is 0 Å². The molecule has 0 saturated carbocycles. The molecule has 3 rings (SSSR count). The van der Waals surface area contributed by atoms with Crippen molar-refractivity contribution in [1.82, 2.24) is 9.97 Å². The molecular formula is C16H11ClFN3. The number of nitrogens with one attached hydrogen (secondary N) is 1. The summed E-state index contributed by atoms with van der Waals surface area (Å²) in [5.41, 5.74) is 2.28. The van der Waals surface area contributed by atoms with Crippen molar-refractivity contribution in [2.24, 2.45) is 0 Å². The second-order valence-corrected chi connectivity index (χ2v) is 4.29. The van der Waals surface area contributed by atoms with Gasteiger partial charge in [0.1, 0.15) is 17.7 Å². The second kappa shape index (κ2) is 6.21. The summed E-state index contributed by atoms with van der Waals surface area (Å²) in [5, 5.41) is 9.26. The molecule has 0 unspecified atom stereocenters. The van der Waals surface area contributed by atoms with E-state index >= 15 is 0 Å². The lowest BCUT2D eigenvalue weighted by molar-refractivity contribution is 0.625. The number of aromatic nitrogens is 2. The van der Waals surface area contributed by atoms with Gasteiger partial charge in [0.15, 0.2) is 0 Å². The number of nitrogens with zero attached hydrogens (tertiary/aromatic N) is 2. The summed E-state index contributed by atoms with van der Waals surface area (Å²) in [6, 6.07) is 15.9. The van der Waals surface area contributed by atoms with Crippen molar-refractivity contribution in [1.29, 1.82) is 5.26 Å². The van der Waals surface area contributed by atoms with Crippen LogP contribution in [0.2, 0.25) is 0 Å². The summed E-state index contributed by atoms with van der Waals surface area (Å²) in [4.78, 5) is 7.40. The Balaban J connectivity index is 0.00000161. The molecule has 0 radical (unpaired) electrons. The number of rotatable bonds is 2. The van der Waals surface area contributed by atoms with Crippen LogP contribution in [-0.2, 0) is 0 Å². The van der Waals surface area contributed by atoms with Gasteiger partial charge in [0.2, 0.25) is 0 Å². The molecule has 0 aliphatic carbocycles. The van der Waals surface area contributed by atoms with Gasteiger partial charge in [-0.25, -0.2) is 9.37 Å². The average Bonchev–Trinajstić information content (AvgIpc) is 2.90. The Morgan fingerprint density at radius 1 is 1.14 bits per heavy atom. The number of halogens is 2. The minimum Gasteiger partial charge on any atom is -0.337 e. The molecule has 0 aliphatic rings. The Morgan fingerprint density at radius 3 is 2.57 bits per heavy atom. The smallest absolute Gasteiger partial charge is 0.149 e. The largest absolute Gasteiger partial charge is 0.337 e. The van der Waals surface area contributed by atoms with Crippen molar-refractivity contribution in [2.45, 2.75) is 0 Å². The number of hydrogen-bond acceptors (Lipinski definition) is 2. The zero-order chi connectivity index (χ0) is 13.9. The zero-order valence-electron chi connectivity index (χ0n) is 10.9. The monoisotopic (exact) mass is 299 g/mol. The van der Waals surface area contributed by atoms with Crippen LogP contribution in [0.5, 0.6) is 0 Å². The number of H-pyrrole nitrogens is 1. The number of para-hydroxylation sites is 2. The average molecular weight is 300 g/mol. The van der Waals surface area contributed by atoms with E-state index in [9.17, 15) is 9.65 Å². The van der Waals surface area contributed by atoms with E-state index in [0.29, 0.717) is 17.0 Å². The molecule has 1 aromatic heterocycles. The molecule has 3 aromatic rings. The Hall–Kier alpha value is -2.64. The molecule has 1 heterocycles. The number of allylic oxidation sites excluding steroid dienone is 1. The van der Waals surface area contributed by atoms with E-state index in [1.165, 1.54) is 12.1 Å². The molecular weight excluding hydrogens is 289 g/mol. The fourth-order valence-corrected chi connectivity index (χ4v) is 1.98. The highest BCUT2D eigenvalue weighted by molar-refractivity contribution is 5.90. The summed E-state index contributed by atoms with van der Waals surface area (Å²) >= 11 is 0. The van der Waals surface area contributed by atoms with E-state index in [0.717, 1.165) is 11.0 Å². The molecule has 0 bridgehead atoms. The molecule has 0 aliphatic heterocycles. The molecule has 3 nitrogen and oxygen atoms in total. The standard InChI is InChI=1S/C16H10FN3.ClH/c17-13-6-2-1-5-11(13)9-12(10-18)16-19-14-7-3-4-8-15(14)20-16;/h1-9H,(H,19,20);1H/b12-9+;. The quantitative estimate of drug-likeness (QED) is 0.721. The molecule has 0 amide bonds. The van der Waals surface area contributed by atoms with Crippen molar-refractivity contribution in [2.75, 3.05) is 0 Å². The molecule has 0 atom stereocenters. The highest BCUT2D eigenvalue weighted by Crippen LogP contribution is 2.20. The number of benzene rings is 2. The van der Waals surface area contributed by atoms with Crippen LogP contribution in [0.25, 0.3) is 22.7 Å². The third-order valence-electron chi connectivity index (χ3n) is 2.97. The minimum atomic E-state index is -0.364. The highest BCUT2D eigenvalue weighted by atomic mass is 35.5. The zero-order valence-corrected chi connectivity index (χ0v) is 11.7. The number of aromatic amines is 1. The Labute approximate surface area is 127 Å². The lowest BCUT2D eigenvalue weighted by atomic mass is 10.1. The van der Waals surface area contributed by atoms with Crippen LogP contribution in [0.4, 0.5) is 4.39 Å². The molecule has 2 aromatic carbocycles. The lowest BCUT2D eigenvalue weighted by Crippen LogP contribution is -1.87. The number of fused-ring (bicyclic) bond motifs is 1. The topological polar surface area (TPSA) is 52.5 Å². The molecule has 0 fully saturated rings. The fourth-order valence-electron chi connectivity index (χ4n) is 1.98. The van der Waals surface area contributed by atoms with Crippen LogP contribution in [0.1, 0.15) is 11.4 Å². The van der Waals surface area contributed by atoms with Crippen LogP contribution < -0.4 is 0 Å². The van der Waals surface area contributed by atoms with Crippen molar-refractivity contribution < 1.29 is 4.39 Å². The number of hydrogen-bond donors (Lipinski definition) is 1. The lowest BCUT2D eigenvalue weighted by Gasteiger charge is -1.97. The third-order valence-corrected chi connectivity index (χ3v) is 2.97. The number of imidazole rings is 1. The molecule has 5 heteroatoms. The first kappa shape index (κ1) is 14.8. The van der Waals surface area contributed by atoms with Crippen LogP contribution in [0, 0.1) is 17.1 Å². The molecule has 0 spiro atoms. The van der Waals surface area contributed by atoms with E-state index in [2.05, 4.69) is 16.0 Å². The summed E-state index contributed by atoms with van der Waals surface area (Å²) in [6.45, 7) is 0. The van der Waals surface area contributed by atoms with Gasteiger partial charge in [0.25, 0.3) is 0 Å². The van der Waals surface area contributed by atoms with E-state index in [1.807, 2.05) is 24.3 Å². The van der Waals surface area contributed by atoms with Gasteiger partial charge in [-0.1, -0.05) is 30.3 Å². The Kier molecular flexibility index (Phi) is 4.36. The third kappa shape index (κ3) is 2.93. The molecule has 1 N–H and O–H groups in total. The van der Waals surface area contributed by atoms with E-state index in [4.69, 9.17) is 0 Å². The van der Waals surface area contributed by atoms with E-state index in [1.54, 1.807) is 18.2 Å². The summed E-state index contributed by atoms with van der Waals surface area (Å²) < 4.78 is 13.6. The van der Waals surface area contributed by atoms with Gasteiger partial charge in [-0.05, 0) is 24.3 Å². The van der Waals surface area contributed by atoms with Gasteiger partial charge < -0.3 is 4.98 Å². The SMILES string of the molecule is Cl.N#C/C(=C\c1ccccc1F)c1nc2ccccc2[nH]1. The maximum atomic E-state index is 13.6. The normalized spacial score (nSPS) is 11.0. The first-order valence-corrected chi connectivity index (χ1v) is 6.09. The molecule has 21 heavy (non-hydrogen) atoms. The second-order valence-electron chi connectivity index (χ2n) is 4.29. The van der Waals surface area contributed by atoms with E-state index in [-0.39, 0.29) is 18.2 Å². The van der Waals surface area contributed by atoms with E-state index < -0.39 is 0 Å². The predicted octanol–water partition coefficient (Wildman–Crippen LogP) is 4.19. The highest BCUT2D eigenvalue weighted by Gasteiger charge is 2.08. The molecule has 0 saturated heterocycles. The minimum absolute atomic E-state index is 0. The van der Waals surface area contributed by atoms with Crippen molar-refractivity contribution in [3.8, 4) is 6.07 Å². The summed E-state index contributed by atoms with van der Waals surface area (Å²) in [5.74, 6) is 0.0771. The predicted molar refractivity (Wildman–Crippen MR) is 83.2 cm³/mol. The van der Waals surface area contributed by atoms with Crippen LogP contribution >= 0.6 is 12.4 Å². The van der Waals surface area contributed by atoms with Crippen LogP contribution in [-0.4, -0.2) is 9.97 Å². The van der Waals surface area contributed by atoms with Crippen LogP contribution in [0.15, 0.2) is 48.5 Å². The van der Waals surface area contributed by atoms with Gasteiger partial charge in [-0.3, -0.25) is 0 Å². The Morgan fingerprint density at radius 2 is 1.86 bits per heavy atom. The van der Waals surface area contributed by atoms with Gasteiger partial charge in [-0.2, -0.15) is 5.26 Å². The maximum absolute atomic E-state index is 13.6.